The molecule has 0 spiro atoms. The molecule has 10 nitrogen and oxygen atoms in total. The number of carbonyl (C=O) groups is 3. The van der Waals surface area contributed by atoms with E-state index in [0.29, 0.717) is 60.7 Å². The number of nitrogens with two attached hydrogens (primary N) is 2. The van der Waals surface area contributed by atoms with Crippen molar-refractivity contribution in [1.82, 2.24) is 25.8 Å². The number of benzene rings is 3. The third kappa shape index (κ3) is 9.23. The van der Waals surface area contributed by atoms with Crippen molar-refractivity contribution in [3.8, 4) is 0 Å². The number of likely N-dealkylation sites (N-methyl/N-ethyl adjacent to an activating group) is 1. The Balaban J connectivity index is 1.57. The molecule has 1 aliphatic rings. The predicted octanol–water partition coefficient (Wildman–Crippen LogP) is 4.62. The maximum absolute atomic E-state index is 14.6. The fraction of sp³-hybridized carbons (Fsp3) is 0.378. The van der Waals surface area contributed by atoms with E-state index >= 15 is 0 Å². The average molecular weight is 722 g/mol. The first-order valence-electron chi connectivity index (χ1n) is 17.0. The molecule has 1 unspecified atom stereocenters. The molecule has 1 aromatic heterocycles. The molecule has 0 radical (unpaired) electrons. The summed E-state index contributed by atoms with van der Waals surface area (Å²) >= 11 is 8.10. The molecule has 0 bridgehead atoms. The van der Waals surface area contributed by atoms with Crippen molar-refractivity contribution < 1.29 is 18.8 Å². The van der Waals surface area contributed by atoms with Crippen LogP contribution in [0.1, 0.15) is 48.8 Å². The SMILES string of the molecule is CN1C(=O)[C@H](CCCCN)NC(=O)C(CCCN)NCc2cc(F)ccc2Sc2c(Cl)cccc2CNC(=O)[C@@H]1Cc1c[nH]c2ccccc12. The summed E-state index contributed by atoms with van der Waals surface area (Å²) in [6.45, 7) is 1.13. The smallest absolute Gasteiger partial charge is 0.245 e. The van der Waals surface area contributed by atoms with Gasteiger partial charge in [-0.15, -0.1) is 0 Å². The van der Waals surface area contributed by atoms with Gasteiger partial charge in [0.15, 0.2) is 0 Å². The summed E-state index contributed by atoms with van der Waals surface area (Å²) in [7, 11) is 1.60. The highest BCUT2D eigenvalue weighted by Gasteiger charge is 2.34. The molecule has 8 N–H and O–H groups in total. The molecule has 266 valence electrons. The lowest BCUT2D eigenvalue weighted by atomic mass is 10.0. The van der Waals surface area contributed by atoms with Crippen LogP contribution >= 0.6 is 23.4 Å². The fourth-order valence-electron chi connectivity index (χ4n) is 6.22. The predicted molar refractivity (Wildman–Crippen MR) is 196 cm³/mol. The summed E-state index contributed by atoms with van der Waals surface area (Å²) in [6.07, 6.45) is 4.66. The Hall–Kier alpha value is -3.94. The number of nitrogens with zero attached hydrogens (tertiary/aromatic N) is 1. The van der Waals surface area contributed by atoms with Crippen LogP contribution in [0.25, 0.3) is 10.9 Å². The molecule has 13 heteroatoms. The Bertz CT molecular complexity index is 1800. The van der Waals surface area contributed by atoms with Crippen molar-refractivity contribution in [2.24, 2.45) is 11.5 Å². The number of rotatable bonds is 9. The van der Waals surface area contributed by atoms with Gasteiger partial charge in [-0.1, -0.05) is 53.7 Å². The number of hydrogen-bond donors (Lipinski definition) is 6. The van der Waals surface area contributed by atoms with Gasteiger partial charge in [-0.05, 0) is 92.2 Å². The first-order valence-corrected chi connectivity index (χ1v) is 18.2. The number of hydrogen-bond acceptors (Lipinski definition) is 7. The van der Waals surface area contributed by atoms with Crippen molar-refractivity contribution in [2.75, 3.05) is 20.1 Å². The Labute approximate surface area is 301 Å². The van der Waals surface area contributed by atoms with E-state index in [9.17, 15) is 18.8 Å². The van der Waals surface area contributed by atoms with E-state index in [1.165, 1.54) is 28.8 Å². The third-order valence-corrected chi connectivity index (χ3v) is 10.8. The number of unbranched alkanes of at least 4 members (excludes halogenated alkanes) is 1. The number of para-hydroxylation sites is 1. The van der Waals surface area contributed by atoms with Crippen molar-refractivity contribution in [3.63, 3.8) is 0 Å². The number of nitrogens with one attached hydrogen (secondary N) is 4. The first-order chi connectivity index (χ1) is 24.2. The Morgan fingerprint density at radius 3 is 2.48 bits per heavy atom. The molecule has 0 aliphatic carbocycles. The zero-order valence-corrected chi connectivity index (χ0v) is 29.7. The second-order valence-electron chi connectivity index (χ2n) is 12.5. The summed E-state index contributed by atoms with van der Waals surface area (Å²) in [6, 6.07) is 15.2. The van der Waals surface area contributed by atoms with E-state index in [4.69, 9.17) is 23.1 Å². The lowest BCUT2D eigenvalue weighted by molar-refractivity contribution is -0.142. The molecule has 3 atom stereocenters. The van der Waals surface area contributed by atoms with E-state index in [2.05, 4.69) is 20.9 Å². The van der Waals surface area contributed by atoms with Crippen LogP contribution in [0.3, 0.4) is 0 Å². The summed E-state index contributed by atoms with van der Waals surface area (Å²) in [5.74, 6) is -1.53. The van der Waals surface area contributed by atoms with E-state index in [0.717, 1.165) is 26.9 Å². The van der Waals surface area contributed by atoms with Crippen LogP contribution in [0.15, 0.2) is 76.7 Å². The number of amides is 3. The first kappa shape index (κ1) is 37.3. The molecule has 0 saturated heterocycles. The van der Waals surface area contributed by atoms with Crippen LogP contribution < -0.4 is 27.4 Å². The van der Waals surface area contributed by atoms with E-state index in [1.807, 2.05) is 42.6 Å². The normalized spacial score (nSPS) is 19.4. The van der Waals surface area contributed by atoms with E-state index in [-0.39, 0.29) is 37.2 Å². The summed E-state index contributed by atoms with van der Waals surface area (Å²) in [5.41, 5.74) is 14.8. The monoisotopic (exact) mass is 721 g/mol. The molecule has 50 heavy (non-hydrogen) atoms. The number of H-pyrrole nitrogens is 1. The lowest BCUT2D eigenvalue weighted by Gasteiger charge is -2.32. The Kier molecular flexibility index (Phi) is 13.3. The maximum Gasteiger partial charge on any atom is 0.245 e. The minimum atomic E-state index is -0.907. The molecule has 0 saturated carbocycles. The van der Waals surface area contributed by atoms with Crippen LogP contribution in [0, 0.1) is 5.82 Å². The summed E-state index contributed by atoms with van der Waals surface area (Å²) in [4.78, 5) is 48.6. The average Bonchev–Trinajstić information content (AvgIpc) is 3.52. The standard InChI is InChI=1S/C37H45ClFN7O3S/c1-46-32(19-24-21-42-29-11-3-2-9-27(24)29)36(48)44-20-23-8-6-10-28(38)34(23)50-33-15-14-26(39)18-25(33)22-43-30(13-7-17-41)35(47)45-31(37(46)49)12-4-5-16-40/h2-3,6,8-11,14-15,18,21,30-32,42-43H,4-5,7,12-13,16-17,19-20,22,40-41H2,1H3,(H,44,48)(H,45,47)/t30?,31-,32-/m0/s1. The van der Waals surface area contributed by atoms with Crippen LogP contribution in [0.2, 0.25) is 5.02 Å². The number of aromatic amines is 1. The van der Waals surface area contributed by atoms with Gasteiger partial charge >= 0.3 is 0 Å². The number of fused-ring (bicyclic) bond motifs is 3. The molecule has 2 heterocycles. The van der Waals surface area contributed by atoms with Gasteiger partial charge in [0.25, 0.3) is 0 Å². The second-order valence-corrected chi connectivity index (χ2v) is 14.0. The zero-order valence-electron chi connectivity index (χ0n) is 28.1. The van der Waals surface area contributed by atoms with Gasteiger partial charge in [0.2, 0.25) is 17.7 Å². The second kappa shape index (κ2) is 17.8. The number of halogens is 2. The van der Waals surface area contributed by atoms with Crippen molar-refractivity contribution >= 4 is 52.0 Å². The fourth-order valence-corrected chi connectivity index (χ4v) is 7.58. The number of aromatic nitrogens is 1. The van der Waals surface area contributed by atoms with Crippen LogP contribution in [-0.4, -0.2) is 65.9 Å². The van der Waals surface area contributed by atoms with Crippen molar-refractivity contribution in [1.29, 1.82) is 0 Å². The Morgan fingerprint density at radius 1 is 0.900 bits per heavy atom. The van der Waals surface area contributed by atoms with Crippen molar-refractivity contribution in [3.05, 3.63) is 94.4 Å². The highest BCUT2D eigenvalue weighted by atomic mass is 35.5. The minimum Gasteiger partial charge on any atom is -0.361 e. The summed E-state index contributed by atoms with van der Waals surface area (Å²) in [5, 5.41) is 10.8. The van der Waals surface area contributed by atoms with Crippen LogP contribution in [-0.2, 0) is 33.9 Å². The summed E-state index contributed by atoms with van der Waals surface area (Å²) < 4.78 is 14.6. The number of carbonyl (C=O) groups excluding carboxylic acids is 3. The van der Waals surface area contributed by atoms with Gasteiger partial charge in [-0.25, -0.2) is 4.39 Å². The van der Waals surface area contributed by atoms with Crippen LogP contribution in [0.5, 0.6) is 0 Å². The van der Waals surface area contributed by atoms with Gasteiger partial charge < -0.3 is 37.3 Å². The molecule has 0 fully saturated rings. The Morgan fingerprint density at radius 2 is 1.68 bits per heavy atom. The third-order valence-electron chi connectivity index (χ3n) is 9.06. The van der Waals surface area contributed by atoms with Crippen molar-refractivity contribution in [2.45, 2.75) is 79.5 Å². The van der Waals surface area contributed by atoms with E-state index < -0.39 is 23.9 Å². The van der Waals surface area contributed by atoms with E-state index in [1.54, 1.807) is 19.2 Å². The quantitative estimate of drug-likeness (QED) is 0.138. The molecular formula is C37H45ClFN7O3S. The van der Waals surface area contributed by atoms with Gasteiger partial charge in [-0.2, -0.15) is 0 Å². The van der Waals surface area contributed by atoms with Gasteiger partial charge in [0.05, 0.1) is 11.1 Å². The zero-order chi connectivity index (χ0) is 35.6. The molecule has 3 amide bonds. The molecule has 1 aliphatic heterocycles. The maximum atomic E-state index is 14.6. The minimum absolute atomic E-state index is 0.140. The molecule has 5 rings (SSSR count). The van der Waals surface area contributed by atoms with Crippen LogP contribution in [0.4, 0.5) is 4.39 Å². The highest BCUT2D eigenvalue weighted by molar-refractivity contribution is 7.99. The van der Waals surface area contributed by atoms with Gasteiger partial charge in [0.1, 0.15) is 17.9 Å². The van der Waals surface area contributed by atoms with Gasteiger partial charge in [0, 0.05) is 53.4 Å². The lowest BCUT2D eigenvalue weighted by Crippen LogP contribution is -2.57. The topological polar surface area (TPSA) is 158 Å². The molecule has 4 aromatic rings. The highest BCUT2D eigenvalue weighted by Crippen LogP contribution is 2.38. The van der Waals surface area contributed by atoms with Gasteiger partial charge in [-0.3, -0.25) is 14.4 Å². The molecule has 3 aromatic carbocycles. The largest absolute Gasteiger partial charge is 0.361 e. The molecular weight excluding hydrogens is 677 g/mol.